The summed E-state index contributed by atoms with van der Waals surface area (Å²) in [6, 6.07) is 7.28. The lowest BCUT2D eigenvalue weighted by molar-refractivity contribution is -0.127. The molecule has 0 aliphatic carbocycles. The van der Waals surface area contributed by atoms with Crippen molar-refractivity contribution in [2.45, 2.75) is 24.9 Å². The minimum absolute atomic E-state index is 0.0989. The first kappa shape index (κ1) is 18.1. The Hall–Kier alpha value is -2.32. The number of hydrogen-bond donors (Lipinski definition) is 2. The molecule has 1 fully saturated rings. The number of aryl methyl sites for hydroxylation is 1. The number of likely N-dealkylation sites (tertiary alicyclic amines) is 1. The van der Waals surface area contributed by atoms with Gasteiger partial charge in [-0.15, -0.1) is 0 Å². The summed E-state index contributed by atoms with van der Waals surface area (Å²) < 4.78 is 1.72. The Labute approximate surface area is 165 Å². The average Bonchev–Trinajstić information content (AvgIpc) is 3.30. The van der Waals surface area contributed by atoms with Crippen molar-refractivity contribution in [2.75, 3.05) is 18.8 Å². The van der Waals surface area contributed by atoms with Crippen molar-refractivity contribution in [3.8, 4) is 5.69 Å². The van der Waals surface area contributed by atoms with Gasteiger partial charge in [0.25, 0.3) is 0 Å². The van der Waals surface area contributed by atoms with Gasteiger partial charge in [0, 0.05) is 23.8 Å². The number of fused-ring (bicyclic) bond motifs is 1. The molecule has 0 unspecified atom stereocenters. The summed E-state index contributed by atoms with van der Waals surface area (Å²) in [5.74, 6) is 0.379. The van der Waals surface area contributed by atoms with Gasteiger partial charge in [-0.3, -0.25) is 19.9 Å². The zero-order chi connectivity index (χ0) is 19.0. The van der Waals surface area contributed by atoms with Crippen molar-refractivity contribution in [3.05, 3.63) is 40.5 Å². The van der Waals surface area contributed by atoms with Crippen LogP contribution in [0.4, 0.5) is 0 Å². The summed E-state index contributed by atoms with van der Waals surface area (Å²) >= 11 is 7.48. The fourth-order valence-corrected chi connectivity index (χ4v) is 4.36. The highest BCUT2D eigenvalue weighted by molar-refractivity contribution is 7.99. The molecule has 1 amide bonds. The Morgan fingerprint density at radius 1 is 1.37 bits per heavy atom. The van der Waals surface area contributed by atoms with Crippen molar-refractivity contribution in [1.82, 2.24) is 24.6 Å². The van der Waals surface area contributed by atoms with E-state index >= 15 is 0 Å². The number of amides is 1. The molecule has 1 saturated heterocycles. The number of rotatable bonds is 4. The van der Waals surface area contributed by atoms with Gasteiger partial charge in [-0.25, -0.2) is 4.98 Å². The van der Waals surface area contributed by atoms with E-state index in [0.29, 0.717) is 21.2 Å². The summed E-state index contributed by atoms with van der Waals surface area (Å²) in [6.45, 7) is 3.51. The van der Waals surface area contributed by atoms with Crippen LogP contribution in [0.2, 0.25) is 5.02 Å². The van der Waals surface area contributed by atoms with E-state index in [2.05, 4.69) is 15.2 Å². The summed E-state index contributed by atoms with van der Waals surface area (Å²) in [5, 5.41) is 17.6. The van der Waals surface area contributed by atoms with Crippen molar-refractivity contribution in [2.24, 2.45) is 0 Å². The minimum Gasteiger partial charge on any atom is -0.342 e. The van der Waals surface area contributed by atoms with Gasteiger partial charge in [-0.05, 0) is 38.0 Å². The van der Waals surface area contributed by atoms with Crippen LogP contribution in [0.3, 0.4) is 0 Å². The highest BCUT2D eigenvalue weighted by atomic mass is 35.5. The van der Waals surface area contributed by atoms with E-state index in [1.54, 1.807) is 16.7 Å². The van der Waals surface area contributed by atoms with Crippen LogP contribution in [-0.4, -0.2) is 49.4 Å². The normalized spacial score (nSPS) is 14.2. The van der Waals surface area contributed by atoms with Gasteiger partial charge < -0.3 is 4.90 Å². The Morgan fingerprint density at radius 3 is 2.89 bits per heavy atom. The molecule has 2 aromatic heterocycles. The average molecular weight is 403 g/mol. The van der Waals surface area contributed by atoms with Crippen LogP contribution in [0.1, 0.15) is 18.5 Å². The number of H-pyrrole nitrogens is 1. The molecule has 1 aliphatic rings. The highest BCUT2D eigenvalue weighted by Gasteiger charge is 2.20. The number of hydrogen-bond acceptors (Lipinski definition) is 5. The van der Waals surface area contributed by atoms with Gasteiger partial charge in [-0.1, -0.05) is 29.4 Å². The van der Waals surface area contributed by atoms with Gasteiger partial charge in [-0.2, -0.15) is 5.10 Å². The van der Waals surface area contributed by atoms with E-state index in [4.69, 9.17) is 17.0 Å². The van der Waals surface area contributed by atoms with Gasteiger partial charge in [0.2, 0.25) is 5.91 Å². The summed E-state index contributed by atoms with van der Waals surface area (Å²) in [5.41, 5.74) is 2.26. The second-order valence-corrected chi connectivity index (χ2v) is 7.86. The van der Waals surface area contributed by atoms with Gasteiger partial charge in [0.15, 0.2) is 10.8 Å². The Kier molecular flexibility index (Phi) is 4.92. The molecule has 0 radical (unpaired) electrons. The summed E-state index contributed by atoms with van der Waals surface area (Å²) in [6.07, 6.45) is 2.12. The first-order valence-corrected chi connectivity index (χ1v) is 10.1. The maximum Gasteiger partial charge on any atom is 0.233 e. The van der Waals surface area contributed by atoms with Crippen LogP contribution in [0.15, 0.2) is 29.4 Å². The molecular weight excluding hydrogens is 384 g/mol. The molecule has 2 N–H and O–H groups in total. The second kappa shape index (κ2) is 7.36. The number of aromatic nitrogens is 4. The molecule has 0 bridgehead atoms. The monoisotopic (exact) mass is 402 g/mol. The fraction of sp³-hybridized carbons (Fsp3) is 0.333. The van der Waals surface area contributed by atoms with Crippen molar-refractivity contribution in [1.29, 1.82) is 5.41 Å². The molecule has 140 valence electrons. The molecular formula is C18H19ClN6OS. The maximum atomic E-state index is 12.5. The van der Waals surface area contributed by atoms with E-state index in [0.717, 1.165) is 37.3 Å². The van der Waals surface area contributed by atoms with Crippen LogP contribution >= 0.6 is 23.4 Å². The van der Waals surface area contributed by atoms with E-state index in [-0.39, 0.29) is 17.1 Å². The summed E-state index contributed by atoms with van der Waals surface area (Å²) in [7, 11) is 0. The largest absolute Gasteiger partial charge is 0.342 e. The third-order valence-corrected chi connectivity index (χ3v) is 5.79. The highest BCUT2D eigenvalue weighted by Crippen LogP contribution is 2.24. The third kappa shape index (κ3) is 3.46. The van der Waals surface area contributed by atoms with E-state index in [1.165, 1.54) is 11.8 Å². The SMILES string of the molecule is Cc1[nH]nc2nc(SCC(=O)N3CCCC3)n(-c3cccc(Cl)c3)c(=N)c12. The number of aromatic amines is 1. The fourth-order valence-electron chi connectivity index (χ4n) is 3.26. The minimum atomic E-state index is 0.0989. The second-order valence-electron chi connectivity index (χ2n) is 6.48. The van der Waals surface area contributed by atoms with Gasteiger partial charge in [0.05, 0.1) is 16.8 Å². The molecule has 0 atom stereocenters. The first-order chi connectivity index (χ1) is 13.0. The van der Waals surface area contributed by atoms with Crippen LogP contribution < -0.4 is 5.49 Å². The molecule has 9 heteroatoms. The van der Waals surface area contributed by atoms with Crippen LogP contribution in [0, 0.1) is 12.3 Å². The van der Waals surface area contributed by atoms with Gasteiger partial charge in [0.1, 0.15) is 5.49 Å². The molecule has 3 aromatic rings. The molecule has 27 heavy (non-hydrogen) atoms. The predicted octanol–water partition coefficient (Wildman–Crippen LogP) is 2.90. The number of thioether (sulfide) groups is 1. The molecule has 1 aromatic carbocycles. The number of nitrogens with zero attached hydrogens (tertiary/aromatic N) is 4. The Bertz CT molecular complexity index is 1070. The van der Waals surface area contributed by atoms with Crippen LogP contribution in [-0.2, 0) is 4.79 Å². The number of nitrogens with one attached hydrogen (secondary N) is 2. The molecule has 1 aliphatic heterocycles. The number of carbonyl (C=O) groups is 1. The third-order valence-electron chi connectivity index (χ3n) is 4.63. The first-order valence-electron chi connectivity index (χ1n) is 8.73. The van der Waals surface area contributed by atoms with Crippen LogP contribution in [0.5, 0.6) is 0 Å². The van der Waals surface area contributed by atoms with Gasteiger partial charge >= 0.3 is 0 Å². The summed E-state index contributed by atoms with van der Waals surface area (Å²) in [4.78, 5) is 18.9. The molecule has 0 saturated carbocycles. The van der Waals surface area contributed by atoms with E-state index < -0.39 is 0 Å². The number of carbonyl (C=O) groups excluding carboxylic acids is 1. The van der Waals surface area contributed by atoms with Crippen LogP contribution in [0.25, 0.3) is 16.7 Å². The quantitative estimate of drug-likeness (QED) is 0.518. The predicted molar refractivity (Wildman–Crippen MR) is 105 cm³/mol. The Morgan fingerprint density at radius 2 is 2.15 bits per heavy atom. The lowest BCUT2D eigenvalue weighted by atomic mass is 10.3. The Balaban J connectivity index is 1.77. The molecule has 4 rings (SSSR count). The van der Waals surface area contributed by atoms with Crippen molar-refractivity contribution in [3.63, 3.8) is 0 Å². The number of benzene rings is 1. The zero-order valence-corrected chi connectivity index (χ0v) is 16.4. The smallest absolute Gasteiger partial charge is 0.233 e. The topological polar surface area (TPSA) is 90.7 Å². The zero-order valence-electron chi connectivity index (χ0n) is 14.8. The number of halogens is 1. The lowest BCUT2D eigenvalue weighted by Crippen LogP contribution is -2.29. The molecule has 3 heterocycles. The lowest BCUT2D eigenvalue weighted by Gasteiger charge is -2.16. The van der Waals surface area contributed by atoms with Crippen molar-refractivity contribution < 1.29 is 4.79 Å². The molecule has 0 spiro atoms. The maximum absolute atomic E-state index is 12.5. The van der Waals surface area contributed by atoms with E-state index in [9.17, 15) is 4.79 Å². The van der Waals surface area contributed by atoms with E-state index in [1.807, 2.05) is 24.0 Å². The van der Waals surface area contributed by atoms with Crippen molar-refractivity contribution >= 4 is 40.3 Å². The standard InChI is InChI=1S/C18H19ClN6OS/c1-11-15-16(20)25(13-6-4-5-12(19)9-13)18(21-17(15)23-22-11)27-10-14(26)24-7-2-3-8-24/h4-6,9,20H,2-3,7-8,10H2,1H3,(H,22,23). The molecule has 7 nitrogen and oxygen atoms in total.